The van der Waals surface area contributed by atoms with Gasteiger partial charge in [0.15, 0.2) is 0 Å². The molecule has 5 heteroatoms. The number of rotatable bonds is 4. The highest BCUT2D eigenvalue weighted by atomic mass is 35.5. The predicted molar refractivity (Wildman–Crippen MR) is 78.4 cm³/mol. The first-order chi connectivity index (χ1) is 8.66. The van der Waals surface area contributed by atoms with Crippen LogP contribution >= 0.6 is 12.4 Å². The molecule has 3 atom stereocenters. The maximum absolute atomic E-state index is 12.2. The average Bonchev–Trinajstić information content (AvgIpc) is 2.84. The van der Waals surface area contributed by atoms with Crippen LogP contribution in [0.3, 0.4) is 0 Å². The van der Waals surface area contributed by atoms with Gasteiger partial charge in [0.1, 0.15) is 0 Å². The molecule has 19 heavy (non-hydrogen) atoms. The number of amides is 1. The van der Waals surface area contributed by atoms with Gasteiger partial charge in [0, 0.05) is 32.7 Å². The molecule has 2 N–H and O–H groups in total. The van der Waals surface area contributed by atoms with Gasteiger partial charge in [-0.15, -0.1) is 12.4 Å². The minimum atomic E-state index is 0. The van der Waals surface area contributed by atoms with Crippen molar-refractivity contribution in [3.63, 3.8) is 0 Å². The van der Waals surface area contributed by atoms with E-state index in [4.69, 9.17) is 10.5 Å². The minimum Gasteiger partial charge on any atom is -0.376 e. The van der Waals surface area contributed by atoms with Gasteiger partial charge in [-0.2, -0.15) is 0 Å². The smallest absolute Gasteiger partial charge is 0.222 e. The number of nitrogens with zero attached hydrogens (tertiary/aromatic N) is 1. The number of ether oxygens (including phenoxy) is 1. The summed E-state index contributed by atoms with van der Waals surface area (Å²) in [6.45, 7) is 1.58. The third-order valence-electron chi connectivity index (χ3n) is 4.33. The van der Waals surface area contributed by atoms with Gasteiger partial charge in [-0.3, -0.25) is 4.79 Å². The summed E-state index contributed by atoms with van der Waals surface area (Å²) in [7, 11) is 1.89. The first kappa shape index (κ1) is 16.7. The van der Waals surface area contributed by atoms with E-state index in [0.717, 1.165) is 38.8 Å². The van der Waals surface area contributed by atoms with E-state index in [9.17, 15) is 4.79 Å². The highest BCUT2D eigenvalue weighted by molar-refractivity contribution is 5.85. The van der Waals surface area contributed by atoms with Crippen LogP contribution in [0.1, 0.15) is 44.9 Å². The molecule has 1 saturated carbocycles. The quantitative estimate of drug-likeness (QED) is 0.861. The summed E-state index contributed by atoms with van der Waals surface area (Å²) in [6, 6.07) is 0.221. The predicted octanol–water partition coefficient (Wildman–Crippen LogP) is 1.95. The molecule has 3 unspecified atom stereocenters. The van der Waals surface area contributed by atoms with Crippen molar-refractivity contribution in [1.82, 2.24) is 4.90 Å². The number of hydrogen-bond donors (Lipinski definition) is 1. The zero-order valence-corrected chi connectivity index (χ0v) is 12.7. The van der Waals surface area contributed by atoms with E-state index in [1.165, 1.54) is 12.8 Å². The van der Waals surface area contributed by atoms with Gasteiger partial charge in [-0.05, 0) is 31.6 Å². The summed E-state index contributed by atoms with van der Waals surface area (Å²) in [5.41, 5.74) is 6.10. The van der Waals surface area contributed by atoms with Crippen molar-refractivity contribution in [3.05, 3.63) is 0 Å². The van der Waals surface area contributed by atoms with E-state index in [1.54, 1.807) is 0 Å². The molecule has 0 spiro atoms. The summed E-state index contributed by atoms with van der Waals surface area (Å²) in [4.78, 5) is 14.0. The maximum Gasteiger partial charge on any atom is 0.222 e. The van der Waals surface area contributed by atoms with Gasteiger partial charge in [-0.1, -0.05) is 12.8 Å². The van der Waals surface area contributed by atoms with E-state index < -0.39 is 0 Å². The highest BCUT2D eigenvalue weighted by Gasteiger charge is 2.26. The van der Waals surface area contributed by atoms with E-state index in [2.05, 4.69) is 0 Å². The van der Waals surface area contributed by atoms with Gasteiger partial charge in [0.25, 0.3) is 0 Å². The van der Waals surface area contributed by atoms with Crippen LogP contribution in [0.5, 0.6) is 0 Å². The van der Waals surface area contributed by atoms with Crippen LogP contribution in [-0.4, -0.2) is 43.2 Å². The van der Waals surface area contributed by atoms with Crippen molar-refractivity contribution >= 4 is 18.3 Å². The molecule has 2 rings (SSSR count). The lowest BCUT2D eigenvalue weighted by atomic mass is 9.83. The molecule has 1 amide bonds. The Labute approximate surface area is 122 Å². The second-order valence-corrected chi connectivity index (χ2v) is 5.82. The molecule has 0 radical (unpaired) electrons. The third-order valence-corrected chi connectivity index (χ3v) is 4.33. The molecule has 112 valence electrons. The highest BCUT2D eigenvalue weighted by Crippen LogP contribution is 2.26. The number of likely N-dealkylation sites (N-methyl/N-ethyl adjacent to an activating group) is 1. The van der Waals surface area contributed by atoms with Gasteiger partial charge >= 0.3 is 0 Å². The minimum absolute atomic E-state index is 0. The molecule has 1 aliphatic carbocycles. The molecule has 4 nitrogen and oxygen atoms in total. The lowest BCUT2D eigenvalue weighted by Crippen LogP contribution is -2.39. The number of hydrogen-bond acceptors (Lipinski definition) is 3. The zero-order valence-electron chi connectivity index (χ0n) is 11.8. The molecule has 1 heterocycles. The standard InChI is InChI=1S/C14H26N2O2.ClH/c1-16(10-12-6-4-8-18-12)14(17)9-11-5-2-3-7-13(11)15;/h11-13H,2-10,15H2,1H3;1H. The molecular weight excluding hydrogens is 264 g/mol. The van der Waals surface area contributed by atoms with Crippen LogP contribution in [0.4, 0.5) is 0 Å². The Kier molecular flexibility index (Phi) is 7.11. The van der Waals surface area contributed by atoms with Crippen molar-refractivity contribution in [3.8, 4) is 0 Å². The van der Waals surface area contributed by atoms with Crippen molar-refractivity contribution < 1.29 is 9.53 Å². The molecule has 0 aromatic rings. The van der Waals surface area contributed by atoms with Gasteiger partial charge in [0.05, 0.1) is 6.10 Å². The van der Waals surface area contributed by atoms with Crippen LogP contribution in [-0.2, 0) is 9.53 Å². The molecule has 1 saturated heterocycles. The summed E-state index contributed by atoms with van der Waals surface area (Å²) in [6.07, 6.45) is 7.71. The zero-order chi connectivity index (χ0) is 13.0. The maximum atomic E-state index is 12.2. The Bertz CT molecular complexity index is 283. The molecule has 0 aromatic heterocycles. The average molecular weight is 291 g/mol. The Balaban J connectivity index is 0.00000180. The lowest BCUT2D eigenvalue weighted by molar-refractivity contribution is -0.132. The van der Waals surface area contributed by atoms with Gasteiger partial charge < -0.3 is 15.4 Å². The Morgan fingerprint density at radius 3 is 2.63 bits per heavy atom. The summed E-state index contributed by atoms with van der Waals surface area (Å²) < 4.78 is 5.57. The van der Waals surface area contributed by atoms with Gasteiger partial charge in [-0.25, -0.2) is 0 Å². The third kappa shape index (κ3) is 4.93. The Hall–Kier alpha value is -0.320. The fourth-order valence-electron chi connectivity index (χ4n) is 3.07. The fourth-order valence-corrected chi connectivity index (χ4v) is 3.07. The summed E-state index contributed by atoms with van der Waals surface area (Å²) in [5, 5.41) is 0. The second-order valence-electron chi connectivity index (χ2n) is 5.82. The monoisotopic (exact) mass is 290 g/mol. The first-order valence-corrected chi connectivity index (χ1v) is 7.28. The van der Waals surface area contributed by atoms with E-state index in [1.807, 2.05) is 11.9 Å². The number of carbonyl (C=O) groups is 1. The van der Waals surface area contributed by atoms with Crippen molar-refractivity contribution in [2.24, 2.45) is 11.7 Å². The topological polar surface area (TPSA) is 55.6 Å². The normalized spacial score (nSPS) is 30.7. The summed E-state index contributed by atoms with van der Waals surface area (Å²) in [5.74, 6) is 0.617. The van der Waals surface area contributed by atoms with Crippen molar-refractivity contribution in [2.75, 3.05) is 20.2 Å². The van der Waals surface area contributed by atoms with Crippen molar-refractivity contribution in [2.45, 2.75) is 57.1 Å². The molecule has 0 aromatic carbocycles. The molecule has 2 aliphatic rings. The number of carbonyl (C=O) groups excluding carboxylic acids is 1. The molecular formula is C14H27ClN2O2. The van der Waals surface area contributed by atoms with Crippen molar-refractivity contribution in [1.29, 1.82) is 0 Å². The molecule has 1 aliphatic heterocycles. The van der Waals surface area contributed by atoms with E-state index in [-0.39, 0.29) is 30.5 Å². The van der Waals surface area contributed by atoms with Crippen LogP contribution in [0.25, 0.3) is 0 Å². The van der Waals surface area contributed by atoms with E-state index in [0.29, 0.717) is 12.3 Å². The largest absolute Gasteiger partial charge is 0.376 e. The number of halogens is 1. The molecule has 2 fully saturated rings. The summed E-state index contributed by atoms with van der Waals surface area (Å²) >= 11 is 0. The first-order valence-electron chi connectivity index (χ1n) is 7.28. The lowest BCUT2D eigenvalue weighted by Gasteiger charge is -2.30. The Morgan fingerprint density at radius 1 is 1.26 bits per heavy atom. The SMILES string of the molecule is CN(CC1CCCO1)C(=O)CC1CCCCC1N.Cl. The number of nitrogens with two attached hydrogens (primary N) is 1. The van der Waals surface area contributed by atoms with Crippen LogP contribution < -0.4 is 5.73 Å². The molecule has 0 bridgehead atoms. The van der Waals surface area contributed by atoms with Crippen LogP contribution in [0.15, 0.2) is 0 Å². The van der Waals surface area contributed by atoms with Crippen LogP contribution in [0.2, 0.25) is 0 Å². The van der Waals surface area contributed by atoms with Crippen LogP contribution in [0, 0.1) is 5.92 Å². The van der Waals surface area contributed by atoms with Gasteiger partial charge in [0.2, 0.25) is 5.91 Å². The fraction of sp³-hybridized carbons (Fsp3) is 0.929. The second kappa shape index (κ2) is 8.08. The Morgan fingerprint density at radius 2 is 2.00 bits per heavy atom. The van der Waals surface area contributed by atoms with E-state index >= 15 is 0 Å².